The third-order valence-electron chi connectivity index (χ3n) is 2.77. The number of aliphatic carboxylic acids is 1. The molecule has 1 aromatic carbocycles. The van der Waals surface area contributed by atoms with Crippen molar-refractivity contribution in [3.63, 3.8) is 0 Å². The van der Waals surface area contributed by atoms with Gasteiger partial charge in [0.05, 0.1) is 12.2 Å². The van der Waals surface area contributed by atoms with Crippen LogP contribution in [0.4, 0.5) is 5.69 Å². The molecule has 0 spiro atoms. The normalized spacial score (nSPS) is 10.4. The third-order valence-corrected chi connectivity index (χ3v) is 3.87. The molecule has 10 heteroatoms. The van der Waals surface area contributed by atoms with E-state index in [4.69, 9.17) is 16.7 Å². The van der Waals surface area contributed by atoms with Gasteiger partial charge in [-0.3, -0.25) is 19.4 Å². The fourth-order valence-corrected chi connectivity index (χ4v) is 2.49. The first-order chi connectivity index (χ1) is 11.4. The molecule has 0 radical (unpaired) electrons. The van der Waals surface area contributed by atoms with Crippen LogP contribution >= 0.6 is 23.4 Å². The zero-order chi connectivity index (χ0) is 17.5. The molecule has 0 saturated carbocycles. The summed E-state index contributed by atoms with van der Waals surface area (Å²) in [4.78, 5) is 36.5. The van der Waals surface area contributed by atoms with Crippen molar-refractivity contribution in [1.82, 2.24) is 15.2 Å². The lowest BCUT2D eigenvalue weighted by atomic mass is 10.2. The average molecular weight is 369 g/mol. The zero-order valence-electron chi connectivity index (χ0n) is 12.3. The van der Waals surface area contributed by atoms with Crippen LogP contribution in [0.3, 0.4) is 0 Å². The summed E-state index contributed by atoms with van der Waals surface area (Å²) in [5.74, 6) is -1.29. The van der Waals surface area contributed by atoms with Crippen molar-refractivity contribution in [1.29, 1.82) is 0 Å². The van der Waals surface area contributed by atoms with Crippen molar-refractivity contribution in [2.45, 2.75) is 18.0 Å². The summed E-state index contributed by atoms with van der Waals surface area (Å²) < 4.78 is 0. The number of thioether (sulfide) groups is 1. The lowest BCUT2D eigenvalue weighted by Gasteiger charge is -2.05. The molecule has 2 rings (SSSR count). The van der Waals surface area contributed by atoms with E-state index in [0.717, 1.165) is 11.8 Å². The average Bonchev–Trinajstić information content (AvgIpc) is 2.52. The molecule has 1 amide bonds. The minimum Gasteiger partial charge on any atom is -0.481 e. The molecule has 24 heavy (non-hydrogen) atoms. The number of carboxylic acids is 1. The first-order valence-electron chi connectivity index (χ1n) is 6.80. The van der Waals surface area contributed by atoms with Gasteiger partial charge in [0.1, 0.15) is 5.69 Å². The van der Waals surface area contributed by atoms with Crippen molar-refractivity contribution >= 4 is 40.9 Å². The second-order valence-corrected chi connectivity index (χ2v) is 6.05. The number of hydrogen-bond acceptors (Lipinski definition) is 6. The molecule has 0 unspecified atom stereocenters. The van der Waals surface area contributed by atoms with Gasteiger partial charge in [0.2, 0.25) is 5.91 Å². The molecule has 126 valence electrons. The van der Waals surface area contributed by atoms with Crippen LogP contribution in [-0.2, 0) is 16.0 Å². The van der Waals surface area contributed by atoms with Gasteiger partial charge in [-0.1, -0.05) is 29.4 Å². The number of carbonyl (C=O) groups is 2. The number of nitrogens with one attached hydrogen (secondary N) is 2. The Morgan fingerprint density at radius 2 is 2.12 bits per heavy atom. The fourth-order valence-electron chi connectivity index (χ4n) is 1.70. The number of halogens is 1. The number of carboxylic acid groups (broad SMARTS) is 1. The second kappa shape index (κ2) is 8.46. The van der Waals surface area contributed by atoms with Crippen LogP contribution in [0, 0.1) is 0 Å². The first-order valence-corrected chi connectivity index (χ1v) is 8.16. The van der Waals surface area contributed by atoms with Crippen LogP contribution in [0.5, 0.6) is 0 Å². The van der Waals surface area contributed by atoms with Gasteiger partial charge < -0.3 is 10.4 Å². The van der Waals surface area contributed by atoms with Gasteiger partial charge in [-0.2, -0.15) is 0 Å². The molecule has 0 bridgehead atoms. The summed E-state index contributed by atoms with van der Waals surface area (Å²) in [6.45, 7) is 0. The number of aryl methyl sites for hydroxylation is 1. The Morgan fingerprint density at radius 1 is 1.33 bits per heavy atom. The van der Waals surface area contributed by atoms with Crippen molar-refractivity contribution < 1.29 is 14.7 Å². The summed E-state index contributed by atoms with van der Waals surface area (Å²) in [5.41, 5.74) is 0.103. The maximum absolute atomic E-state index is 11.8. The lowest BCUT2D eigenvalue weighted by Crippen LogP contribution is -2.19. The summed E-state index contributed by atoms with van der Waals surface area (Å²) >= 11 is 6.84. The number of amides is 1. The number of carbonyl (C=O) groups excluding carboxylic acids is 1. The standard InChI is InChI=1S/C14H13ClN4O4S/c15-8-2-1-3-9(6-8)16-11(20)7-24-14-17-13(23)10(18-19-14)4-5-12(21)22/h1-3,6H,4-5,7H2,(H,16,20)(H,21,22)(H,17,19,23). The van der Waals surface area contributed by atoms with Crippen molar-refractivity contribution in [2.24, 2.45) is 0 Å². The predicted octanol–water partition coefficient (Wildman–Crippen LogP) is 1.57. The Kier molecular flexibility index (Phi) is 6.33. The van der Waals surface area contributed by atoms with Crippen LogP contribution < -0.4 is 10.9 Å². The Morgan fingerprint density at radius 3 is 2.79 bits per heavy atom. The molecular weight excluding hydrogens is 356 g/mol. The van der Waals surface area contributed by atoms with E-state index in [0.29, 0.717) is 10.7 Å². The van der Waals surface area contributed by atoms with E-state index in [1.165, 1.54) is 0 Å². The van der Waals surface area contributed by atoms with Gasteiger partial charge in [-0.15, -0.1) is 10.2 Å². The Balaban J connectivity index is 1.89. The van der Waals surface area contributed by atoms with E-state index in [2.05, 4.69) is 20.5 Å². The van der Waals surface area contributed by atoms with Crippen molar-refractivity contribution in [3.05, 3.63) is 45.3 Å². The Hall–Kier alpha value is -2.39. The highest BCUT2D eigenvalue weighted by Gasteiger charge is 2.10. The number of aromatic amines is 1. The van der Waals surface area contributed by atoms with Crippen molar-refractivity contribution in [2.75, 3.05) is 11.1 Å². The summed E-state index contributed by atoms with van der Waals surface area (Å²) in [5, 5.41) is 19.4. The molecule has 2 aromatic rings. The monoisotopic (exact) mass is 368 g/mol. The minimum atomic E-state index is -1.02. The second-order valence-electron chi connectivity index (χ2n) is 4.65. The minimum absolute atomic E-state index is 0.00212. The molecule has 0 aliphatic heterocycles. The number of rotatable bonds is 7. The number of anilines is 1. The van der Waals surface area contributed by atoms with E-state index in [-0.39, 0.29) is 35.4 Å². The molecule has 0 atom stereocenters. The van der Waals surface area contributed by atoms with E-state index >= 15 is 0 Å². The largest absolute Gasteiger partial charge is 0.481 e. The predicted molar refractivity (Wildman–Crippen MR) is 89.4 cm³/mol. The van der Waals surface area contributed by atoms with Gasteiger partial charge >= 0.3 is 5.97 Å². The number of benzene rings is 1. The molecule has 1 aromatic heterocycles. The molecule has 0 fully saturated rings. The summed E-state index contributed by atoms with van der Waals surface area (Å²) in [7, 11) is 0. The molecule has 0 aliphatic carbocycles. The van der Waals surface area contributed by atoms with Crippen LogP contribution in [0.2, 0.25) is 5.02 Å². The molecular formula is C14H13ClN4O4S. The highest BCUT2D eigenvalue weighted by molar-refractivity contribution is 7.99. The van der Waals surface area contributed by atoms with Gasteiger partial charge in [-0.25, -0.2) is 0 Å². The van der Waals surface area contributed by atoms with Gasteiger partial charge in [0.25, 0.3) is 5.56 Å². The maximum atomic E-state index is 11.8. The van der Waals surface area contributed by atoms with Crippen LogP contribution in [-0.4, -0.2) is 37.9 Å². The van der Waals surface area contributed by atoms with Crippen molar-refractivity contribution in [3.8, 4) is 0 Å². The van der Waals surface area contributed by atoms with Crippen LogP contribution in [0.15, 0.2) is 34.2 Å². The highest BCUT2D eigenvalue weighted by atomic mass is 35.5. The summed E-state index contributed by atoms with van der Waals surface area (Å²) in [6, 6.07) is 6.72. The zero-order valence-corrected chi connectivity index (χ0v) is 13.9. The number of hydrogen-bond donors (Lipinski definition) is 3. The molecule has 1 heterocycles. The van der Waals surface area contributed by atoms with E-state index in [9.17, 15) is 14.4 Å². The SMILES string of the molecule is O=C(O)CCc1nnc(SCC(=O)Nc2cccc(Cl)c2)[nH]c1=O. The smallest absolute Gasteiger partial charge is 0.303 e. The molecule has 3 N–H and O–H groups in total. The Bertz CT molecular complexity index is 811. The lowest BCUT2D eigenvalue weighted by molar-refractivity contribution is -0.137. The number of aromatic nitrogens is 3. The van der Waals surface area contributed by atoms with Crippen LogP contribution in [0.1, 0.15) is 12.1 Å². The van der Waals surface area contributed by atoms with E-state index in [1.54, 1.807) is 24.3 Å². The van der Waals surface area contributed by atoms with Crippen LogP contribution in [0.25, 0.3) is 0 Å². The molecule has 0 saturated heterocycles. The quantitative estimate of drug-likeness (QED) is 0.633. The maximum Gasteiger partial charge on any atom is 0.303 e. The van der Waals surface area contributed by atoms with Gasteiger partial charge in [0, 0.05) is 17.1 Å². The fraction of sp³-hybridized carbons (Fsp3) is 0.214. The third kappa shape index (κ3) is 5.67. The number of nitrogens with zero attached hydrogens (tertiary/aromatic N) is 2. The molecule has 8 nitrogen and oxygen atoms in total. The molecule has 0 aliphatic rings. The van der Waals surface area contributed by atoms with Gasteiger partial charge in [0.15, 0.2) is 5.16 Å². The van der Waals surface area contributed by atoms with Gasteiger partial charge in [-0.05, 0) is 18.2 Å². The first kappa shape index (κ1) is 18.0. The number of H-pyrrole nitrogens is 1. The van der Waals surface area contributed by atoms with E-state index in [1.807, 2.05) is 0 Å². The topological polar surface area (TPSA) is 125 Å². The summed E-state index contributed by atoms with van der Waals surface area (Å²) in [6.07, 6.45) is -0.204. The Labute approximate surface area is 145 Å². The highest BCUT2D eigenvalue weighted by Crippen LogP contribution is 2.16. The van der Waals surface area contributed by atoms with E-state index < -0.39 is 11.5 Å².